The second kappa shape index (κ2) is 4.35. The number of halogens is 3. The summed E-state index contributed by atoms with van der Waals surface area (Å²) in [5.74, 6) is 0. The Labute approximate surface area is 106 Å². The predicted molar refractivity (Wildman–Crippen MR) is 62.5 cm³/mol. The van der Waals surface area contributed by atoms with Gasteiger partial charge in [-0.1, -0.05) is 0 Å². The molecule has 0 amide bonds. The van der Waals surface area contributed by atoms with Gasteiger partial charge >= 0.3 is 6.18 Å². The van der Waals surface area contributed by atoms with E-state index in [9.17, 15) is 13.2 Å². The highest BCUT2D eigenvalue weighted by Gasteiger charge is 2.50. The van der Waals surface area contributed by atoms with Crippen molar-refractivity contribution < 1.29 is 17.9 Å². The Bertz CT molecular complexity index is 305. The van der Waals surface area contributed by atoms with Gasteiger partial charge in [0.05, 0.1) is 13.2 Å². The maximum Gasteiger partial charge on any atom is 0.401 e. The van der Waals surface area contributed by atoms with Crippen LogP contribution in [0, 0.1) is 0 Å². The van der Waals surface area contributed by atoms with Crippen molar-refractivity contribution in [2.45, 2.75) is 38.1 Å². The molecule has 1 spiro atoms. The molecule has 0 aromatic rings. The van der Waals surface area contributed by atoms with Gasteiger partial charge in [-0.3, -0.25) is 9.80 Å². The third kappa shape index (κ3) is 3.16. The molecule has 18 heavy (non-hydrogen) atoms. The zero-order valence-corrected chi connectivity index (χ0v) is 11.2. The molecule has 2 fully saturated rings. The minimum Gasteiger partial charge on any atom is -0.370 e. The van der Waals surface area contributed by atoms with E-state index in [-0.39, 0.29) is 11.1 Å². The summed E-state index contributed by atoms with van der Waals surface area (Å²) >= 11 is 0. The topological polar surface area (TPSA) is 15.7 Å². The van der Waals surface area contributed by atoms with Crippen LogP contribution in [0.25, 0.3) is 0 Å². The quantitative estimate of drug-likeness (QED) is 0.719. The molecule has 3 nitrogen and oxygen atoms in total. The standard InChI is InChI=1S/C12H21F3N2O/c1-10(2,3)17-4-5-18-11(8-17)6-16(7-11)9-12(13,14)15/h4-9H2,1-3H3. The summed E-state index contributed by atoms with van der Waals surface area (Å²) in [7, 11) is 0. The smallest absolute Gasteiger partial charge is 0.370 e. The summed E-state index contributed by atoms with van der Waals surface area (Å²) in [5.41, 5.74) is -0.335. The first-order chi connectivity index (χ1) is 8.10. The van der Waals surface area contributed by atoms with E-state index in [0.29, 0.717) is 19.7 Å². The molecule has 0 aromatic carbocycles. The second-order valence-electron chi connectivity index (χ2n) is 6.38. The van der Waals surface area contributed by atoms with E-state index in [1.807, 2.05) is 0 Å². The van der Waals surface area contributed by atoms with Crippen LogP contribution in [0.15, 0.2) is 0 Å². The summed E-state index contributed by atoms with van der Waals surface area (Å²) in [6, 6.07) is 0. The number of likely N-dealkylation sites (tertiary alicyclic amines) is 1. The number of nitrogens with zero attached hydrogens (tertiary/aromatic N) is 2. The molecule has 2 heterocycles. The third-order valence-electron chi connectivity index (χ3n) is 3.62. The van der Waals surface area contributed by atoms with Gasteiger partial charge in [0.1, 0.15) is 5.60 Å². The summed E-state index contributed by atoms with van der Waals surface area (Å²) < 4.78 is 42.5. The summed E-state index contributed by atoms with van der Waals surface area (Å²) in [5, 5.41) is 0. The van der Waals surface area contributed by atoms with Crippen molar-refractivity contribution in [2.75, 3.05) is 39.3 Å². The maximum atomic E-state index is 12.3. The Morgan fingerprint density at radius 3 is 2.22 bits per heavy atom. The number of rotatable bonds is 1. The van der Waals surface area contributed by atoms with Gasteiger partial charge in [0.15, 0.2) is 0 Å². The molecule has 0 N–H and O–H groups in total. The zero-order chi connectivity index (χ0) is 13.6. The Kier molecular flexibility index (Phi) is 3.41. The first-order valence-corrected chi connectivity index (χ1v) is 6.28. The first-order valence-electron chi connectivity index (χ1n) is 6.28. The number of morpholine rings is 1. The van der Waals surface area contributed by atoms with Gasteiger partial charge in [0.2, 0.25) is 0 Å². The van der Waals surface area contributed by atoms with Crippen molar-refractivity contribution >= 4 is 0 Å². The van der Waals surface area contributed by atoms with Crippen LogP contribution in [-0.2, 0) is 4.74 Å². The maximum absolute atomic E-state index is 12.3. The van der Waals surface area contributed by atoms with Crippen molar-refractivity contribution in [2.24, 2.45) is 0 Å². The van der Waals surface area contributed by atoms with E-state index >= 15 is 0 Å². The number of alkyl halides is 3. The molecular formula is C12H21F3N2O. The number of hydrogen-bond donors (Lipinski definition) is 0. The minimum absolute atomic E-state index is 0.0429. The van der Waals surface area contributed by atoms with E-state index in [4.69, 9.17) is 4.74 Å². The van der Waals surface area contributed by atoms with Crippen molar-refractivity contribution in [1.29, 1.82) is 0 Å². The highest BCUT2D eigenvalue weighted by Crippen LogP contribution is 2.33. The predicted octanol–water partition coefficient (Wildman–Crippen LogP) is 1.73. The lowest BCUT2D eigenvalue weighted by Gasteiger charge is -2.56. The third-order valence-corrected chi connectivity index (χ3v) is 3.62. The van der Waals surface area contributed by atoms with E-state index in [1.54, 1.807) is 0 Å². The molecule has 0 unspecified atom stereocenters. The zero-order valence-electron chi connectivity index (χ0n) is 11.2. The molecule has 2 saturated heterocycles. The van der Waals surface area contributed by atoms with Crippen molar-refractivity contribution in [1.82, 2.24) is 9.80 Å². The van der Waals surface area contributed by atoms with Gasteiger partial charge in [-0.15, -0.1) is 0 Å². The van der Waals surface area contributed by atoms with Crippen LogP contribution < -0.4 is 0 Å². The Balaban J connectivity index is 1.88. The van der Waals surface area contributed by atoms with Crippen LogP contribution in [0.4, 0.5) is 13.2 Å². The first kappa shape index (κ1) is 14.1. The monoisotopic (exact) mass is 266 g/mol. The SMILES string of the molecule is CC(C)(C)N1CCOC2(CN(CC(F)(F)F)C2)C1. The molecule has 6 heteroatoms. The summed E-state index contributed by atoms with van der Waals surface area (Å²) in [6.45, 7) is 8.51. The largest absolute Gasteiger partial charge is 0.401 e. The Morgan fingerprint density at radius 1 is 1.11 bits per heavy atom. The van der Waals surface area contributed by atoms with E-state index in [0.717, 1.165) is 13.1 Å². The molecule has 2 rings (SSSR count). The number of hydrogen-bond acceptors (Lipinski definition) is 3. The van der Waals surface area contributed by atoms with Gasteiger partial charge in [0, 0.05) is 31.7 Å². The van der Waals surface area contributed by atoms with Gasteiger partial charge in [0.25, 0.3) is 0 Å². The summed E-state index contributed by atoms with van der Waals surface area (Å²) in [6.07, 6.45) is -4.11. The highest BCUT2D eigenvalue weighted by molar-refractivity contribution is 5.03. The fourth-order valence-electron chi connectivity index (χ4n) is 2.74. The lowest BCUT2D eigenvalue weighted by atomic mass is 9.89. The molecule has 0 aliphatic carbocycles. The van der Waals surface area contributed by atoms with Gasteiger partial charge in [-0.05, 0) is 20.8 Å². The van der Waals surface area contributed by atoms with Crippen molar-refractivity contribution in [3.63, 3.8) is 0 Å². The summed E-state index contributed by atoms with van der Waals surface area (Å²) in [4.78, 5) is 3.70. The average Bonchev–Trinajstić information content (AvgIpc) is 2.12. The molecule has 0 saturated carbocycles. The van der Waals surface area contributed by atoms with Crippen LogP contribution in [0.3, 0.4) is 0 Å². The van der Waals surface area contributed by atoms with Crippen molar-refractivity contribution in [3.8, 4) is 0 Å². The second-order valence-corrected chi connectivity index (χ2v) is 6.38. The fourth-order valence-corrected chi connectivity index (χ4v) is 2.74. The van der Waals surface area contributed by atoms with Crippen LogP contribution in [-0.4, -0.2) is 66.4 Å². The van der Waals surface area contributed by atoms with E-state index < -0.39 is 12.7 Å². The number of ether oxygens (including phenoxy) is 1. The molecule has 2 aliphatic rings. The van der Waals surface area contributed by atoms with Gasteiger partial charge in [-0.25, -0.2) is 0 Å². The van der Waals surface area contributed by atoms with Gasteiger partial charge in [-0.2, -0.15) is 13.2 Å². The van der Waals surface area contributed by atoms with E-state index in [1.165, 1.54) is 4.90 Å². The molecule has 0 bridgehead atoms. The average molecular weight is 266 g/mol. The molecule has 0 radical (unpaired) electrons. The fraction of sp³-hybridized carbons (Fsp3) is 1.00. The van der Waals surface area contributed by atoms with Gasteiger partial charge < -0.3 is 4.74 Å². The van der Waals surface area contributed by atoms with Crippen LogP contribution in [0.2, 0.25) is 0 Å². The lowest BCUT2D eigenvalue weighted by molar-refractivity contribution is -0.224. The highest BCUT2D eigenvalue weighted by atomic mass is 19.4. The van der Waals surface area contributed by atoms with Crippen LogP contribution in [0.1, 0.15) is 20.8 Å². The van der Waals surface area contributed by atoms with Crippen LogP contribution in [0.5, 0.6) is 0 Å². The van der Waals surface area contributed by atoms with Crippen LogP contribution >= 0.6 is 0 Å². The molecule has 2 aliphatic heterocycles. The molecule has 0 atom stereocenters. The Morgan fingerprint density at radius 2 is 1.72 bits per heavy atom. The van der Waals surface area contributed by atoms with Crippen molar-refractivity contribution in [3.05, 3.63) is 0 Å². The van der Waals surface area contributed by atoms with E-state index in [2.05, 4.69) is 25.7 Å². The molecule has 106 valence electrons. The minimum atomic E-state index is -4.11. The molecule has 0 aromatic heterocycles. The normalized spacial score (nSPS) is 26.3. The Hall–Kier alpha value is -0.330. The molecular weight excluding hydrogens is 245 g/mol. The lowest BCUT2D eigenvalue weighted by Crippen LogP contribution is -2.72.